The van der Waals surface area contributed by atoms with Gasteiger partial charge >= 0.3 is 0 Å². The molecule has 1 aromatic heterocycles. The van der Waals surface area contributed by atoms with Crippen LogP contribution in [0.2, 0.25) is 0 Å². The second-order valence-electron chi connectivity index (χ2n) is 5.75. The normalized spacial score (nSPS) is 17.2. The van der Waals surface area contributed by atoms with E-state index in [9.17, 15) is 10.1 Å². The fourth-order valence-electron chi connectivity index (χ4n) is 2.13. The van der Waals surface area contributed by atoms with E-state index < -0.39 is 5.54 Å². The van der Waals surface area contributed by atoms with Crippen LogP contribution in [0.3, 0.4) is 0 Å². The Bertz CT molecular complexity index is 576. The minimum absolute atomic E-state index is 0.102. The molecular formula is C15H22N4OS. The number of aromatic amines is 1. The van der Waals surface area contributed by atoms with Gasteiger partial charge in [-0.05, 0) is 32.6 Å². The van der Waals surface area contributed by atoms with Crippen LogP contribution < -0.4 is 10.9 Å². The highest BCUT2D eigenvalue weighted by atomic mass is 32.2. The lowest BCUT2D eigenvalue weighted by Gasteiger charge is -2.22. The second kappa shape index (κ2) is 7.10. The maximum Gasteiger partial charge on any atom is 0.251 e. The molecule has 1 aliphatic rings. The van der Waals surface area contributed by atoms with Crippen LogP contribution in [0.25, 0.3) is 0 Å². The molecule has 0 aromatic carbocycles. The predicted molar refractivity (Wildman–Crippen MR) is 84.4 cm³/mol. The zero-order valence-corrected chi connectivity index (χ0v) is 13.4. The molecule has 1 heterocycles. The SMILES string of the molecule is CCCc1cc(=O)[nH]c(SCCC(C)(C#N)NC2CC2)n1. The van der Waals surface area contributed by atoms with Crippen LogP contribution in [0.5, 0.6) is 0 Å². The highest BCUT2D eigenvalue weighted by Crippen LogP contribution is 2.25. The van der Waals surface area contributed by atoms with E-state index in [1.165, 1.54) is 24.6 Å². The lowest BCUT2D eigenvalue weighted by molar-refractivity contribution is 0.433. The van der Waals surface area contributed by atoms with Gasteiger partial charge in [-0.2, -0.15) is 5.26 Å². The van der Waals surface area contributed by atoms with E-state index in [-0.39, 0.29) is 5.56 Å². The van der Waals surface area contributed by atoms with E-state index in [1.54, 1.807) is 6.07 Å². The number of nitriles is 1. The van der Waals surface area contributed by atoms with E-state index in [1.807, 2.05) is 6.92 Å². The number of nitrogens with zero attached hydrogens (tertiary/aromatic N) is 2. The summed E-state index contributed by atoms with van der Waals surface area (Å²) in [4.78, 5) is 18.8. The van der Waals surface area contributed by atoms with Crippen LogP contribution >= 0.6 is 11.8 Å². The molecule has 0 bridgehead atoms. The smallest absolute Gasteiger partial charge is 0.251 e. The molecule has 0 radical (unpaired) electrons. The van der Waals surface area contributed by atoms with Crippen LogP contribution in [0.15, 0.2) is 16.0 Å². The molecule has 1 aliphatic carbocycles. The third-order valence-electron chi connectivity index (χ3n) is 3.47. The Morgan fingerprint density at radius 3 is 3.00 bits per heavy atom. The number of hydrogen-bond donors (Lipinski definition) is 2. The molecule has 21 heavy (non-hydrogen) atoms. The molecule has 0 aliphatic heterocycles. The van der Waals surface area contributed by atoms with Gasteiger partial charge in [-0.1, -0.05) is 25.1 Å². The fourth-order valence-corrected chi connectivity index (χ4v) is 3.18. The zero-order chi connectivity index (χ0) is 15.3. The Morgan fingerprint density at radius 1 is 1.62 bits per heavy atom. The average molecular weight is 306 g/mol. The van der Waals surface area contributed by atoms with Gasteiger partial charge in [0.25, 0.3) is 5.56 Å². The average Bonchev–Trinajstić information content (AvgIpc) is 3.22. The number of nitrogens with one attached hydrogen (secondary N) is 2. The van der Waals surface area contributed by atoms with Crippen LogP contribution in [0.4, 0.5) is 0 Å². The molecule has 1 fully saturated rings. The van der Waals surface area contributed by atoms with E-state index in [4.69, 9.17) is 0 Å². The minimum Gasteiger partial charge on any atom is -0.301 e. The van der Waals surface area contributed by atoms with Crippen LogP contribution in [0.1, 0.15) is 45.2 Å². The molecule has 1 unspecified atom stereocenters. The number of thioether (sulfide) groups is 1. The van der Waals surface area contributed by atoms with Gasteiger partial charge in [-0.25, -0.2) is 4.98 Å². The summed E-state index contributed by atoms with van der Waals surface area (Å²) >= 11 is 1.51. The molecule has 114 valence electrons. The summed E-state index contributed by atoms with van der Waals surface area (Å²) < 4.78 is 0. The minimum atomic E-state index is -0.491. The highest BCUT2D eigenvalue weighted by molar-refractivity contribution is 7.99. The molecule has 1 atom stereocenters. The first-order valence-corrected chi connectivity index (χ1v) is 8.45. The van der Waals surface area contributed by atoms with Gasteiger partial charge in [0.2, 0.25) is 0 Å². The van der Waals surface area contributed by atoms with Gasteiger partial charge in [-0.15, -0.1) is 0 Å². The lowest BCUT2D eigenvalue weighted by Crippen LogP contribution is -2.42. The third-order valence-corrected chi connectivity index (χ3v) is 4.34. The summed E-state index contributed by atoms with van der Waals surface area (Å²) in [6.45, 7) is 4.01. The van der Waals surface area contributed by atoms with E-state index in [2.05, 4.69) is 28.3 Å². The maximum absolute atomic E-state index is 11.6. The number of aryl methyl sites for hydroxylation is 1. The van der Waals surface area contributed by atoms with Gasteiger partial charge in [0, 0.05) is 23.6 Å². The first-order valence-electron chi connectivity index (χ1n) is 7.46. The molecule has 5 nitrogen and oxygen atoms in total. The quantitative estimate of drug-likeness (QED) is 0.568. The molecule has 0 spiro atoms. The molecule has 1 aromatic rings. The van der Waals surface area contributed by atoms with Crippen molar-refractivity contribution >= 4 is 11.8 Å². The first-order chi connectivity index (χ1) is 10.0. The van der Waals surface area contributed by atoms with Crippen molar-refractivity contribution in [1.29, 1.82) is 5.26 Å². The Hall–Kier alpha value is -1.32. The molecule has 6 heteroatoms. The van der Waals surface area contributed by atoms with Gasteiger partial charge in [0.1, 0.15) is 5.54 Å². The Kier molecular flexibility index (Phi) is 5.43. The Labute approximate surface area is 129 Å². The zero-order valence-electron chi connectivity index (χ0n) is 12.6. The number of hydrogen-bond acceptors (Lipinski definition) is 5. The van der Waals surface area contributed by atoms with E-state index in [0.717, 1.165) is 30.7 Å². The molecule has 0 amide bonds. The van der Waals surface area contributed by atoms with Crippen molar-refractivity contribution in [2.45, 2.75) is 62.7 Å². The van der Waals surface area contributed by atoms with Crippen LogP contribution in [-0.4, -0.2) is 27.3 Å². The Morgan fingerprint density at radius 2 is 2.38 bits per heavy atom. The van der Waals surface area contributed by atoms with Crippen molar-refractivity contribution in [3.8, 4) is 6.07 Å². The lowest BCUT2D eigenvalue weighted by atomic mass is 10.0. The largest absolute Gasteiger partial charge is 0.301 e. The van der Waals surface area contributed by atoms with Crippen molar-refractivity contribution in [1.82, 2.24) is 15.3 Å². The summed E-state index contributed by atoms with van der Waals surface area (Å²) in [5.41, 5.74) is 0.244. The van der Waals surface area contributed by atoms with Gasteiger partial charge in [-0.3, -0.25) is 10.1 Å². The van der Waals surface area contributed by atoms with E-state index in [0.29, 0.717) is 11.2 Å². The molecular weight excluding hydrogens is 284 g/mol. The van der Waals surface area contributed by atoms with Crippen LogP contribution in [0, 0.1) is 11.3 Å². The third kappa shape index (κ3) is 5.18. The molecule has 2 rings (SSSR count). The fraction of sp³-hybridized carbons (Fsp3) is 0.667. The molecule has 2 N–H and O–H groups in total. The van der Waals surface area contributed by atoms with Crippen LogP contribution in [-0.2, 0) is 6.42 Å². The maximum atomic E-state index is 11.6. The van der Waals surface area contributed by atoms with Crippen molar-refractivity contribution in [2.24, 2.45) is 0 Å². The van der Waals surface area contributed by atoms with Gasteiger partial charge < -0.3 is 4.98 Å². The van der Waals surface area contributed by atoms with Gasteiger partial charge in [0.15, 0.2) is 5.16 Å². The predicted octanol–water partition coefficient (Wildman–Crippen LogP) is 2.24. The van der Waals surface area contributed by atoms with E-state index >= 15 is 0 Å². The van der Waals surface area contributed by atoms with Crippen molar-refractivity contribution in [3.63, 3.8) is 0 Å². The number of aromatic nitrogens is 2. The monoisotopic (exact) mass is 306 g/mol. The van der Waals surface area contributed by atoms with Gasteiger partial charge in [0.05, 0.1) is 6.07 Å². The summed E-state index contributed by atoms with van der Waals surface area (Å²) in [7, 11) is 0. The topological polar surface area (TPSA) is 81.6 Å². The van der Waals surface area contributed by atoms with Crippen molar-refractivity contribution in [3.05, 3.63) is 22.1 Å². The molecule has 1 saturated carbocycles. The number of rotatable bonds is 8. The number of H-pyrrole nitrogens is 1. The standard InChI is InChI=1S/C15H22N4OS/c1-3-4-12-9-13(20)18-14(17-12)21-8-7-15(2,10-16)19-11-5-6-11/h9,11,19H,3-8H2,1-2H3,(H,17,18,20). The summed E-state index contributed by atoms with van der Waals surface area (Å²) in [5, 5.41) is 13.4. The summed E-state index contributed by atoms with van der Waals surface area (Å²) in [6, 6.07) is 4.42. The Balaban J connectivity index is 1.90. The van der Waals surface area contributed by atoms with Crippen molar-refractivity contribution < 1.29 is 0 Å². The van der Waals surface area contributed by atoms with Crippen molar-refractivity contribution in [2.75, 3.05) is 5.75 Å². The first kappa shape index (κ1) is 16.1. The second-order valence-corrected chi connectivity index (χ2v) is 6.84. The highest BCUT2D eigenvalue weighted by Gasteiger charge is 2.32. The molecule has 0 saturated heterocycles. The summed E-state index contributed by atoms with van der Waals surface area (Å²) in [5.74, 6) is 0.752. The summed E-state index contributed by atoms with van der Waals surface area (Å²) in [6.07, 6.45) is 4.85.